The number of halogens is 1. The minimum atomic E-state index is -0.149. The number of amides is 1. The maximum absolute atomic E-state index is 12.2. The van der Waals surface area contributed by atoms with Crippen LogP contribution in [0.2, 0.25) is 5.02 Å². The number of carbonyl (C=O) groups excluding carboxylic acids is 1. The normalized spacial score (nSPS) is 10.0. The predicted octanol–water partition coefficient (Wildman–Crippen LogP) is 3.01. The van der Waals surface area contributed by atoms with Gasteiger partial charge in [0.05, 0.1) is 10.6 Å². The van der Waals surface area contributed by atoms with Crippen molar-refractivity contribution in [2.75, 3.05) is 11.9 Å². The Morgan fingerprint density at radius 2 is 1.94 bits per heavy atom. The molecule has 1 aromatic carbocycles. The van der Waals surface area contributed by atoms with E-state index in [1.54, 1.807) is 24.2 Å². The largest absolute Gasteiger partial charge is 0.311 e. The van der Waals surface area contributed by atoms with E-state index in [0.717, 1.165) is 5.69 Å². The number of pyridine rings is 1. The highest BCUT2D eigenvalue weighted by atomic mass is 35.5. The molecule has 4 heteroatoms. The topological polar surface area (TPSA) is 33.2 Å². The molecule has 0 aliphatic heterocycles. The van der Waals surface area contributed by atoms with Gasteiger partial charge in [-0.1, -0.05) is 29.8 Å². The van der Waals surface area contributed by atoms with Crippen LogP contribution in [-0.2, 0) is 0 Å². The first kappa shape index (κ1) is 11.6. The molecule has 0 radical (unpaired) electrons. The molecule has 0 saturated carbocycles. The van der Waals surface area contributed by atoms with Gasteiger partial charge >= 0.3 is 0 Å². The fraction of sp³-hybridized carbons (Fsp3) is 0.0769. The van der Waals surface area contributed by atoms with Crippen LogP contribution in [-0.4, -0.2) is 17.9 Å². The summed E-state index contributed by atoms with van der Waals surface area (Å²) in [4.78, 5) is 17.6. The number of nitrogens with zero attached hydrogens (tertiary/aromatic N) is 2. The molecule has 2 rings (SSSR count). The van der Waals surface area contributed by atoms with Crippen LogP contribution in [0.1, 0.15) is 10.4 Å². The highest BCUT2D eigenvalue weighted by Gasteiger charge is 2.15. The number of anilines is 1. The number of rotatable bonds is 2. The van der Waals surface area contributed by atoms with Crippen LogP contribution >= 0.6 is 11.6 Å². The van der Waals surface area contributed by atoms with Gasteiger partial charge in [0.2, 0.25) is 0 Å². The average molecular weight is 247 g/mol. The molecule has 0 fully saturated rings. The van der Waals surface area contributed by atoms with Crippen molar-refractivity contribution in [3.63, 3.8) is 0 Å². The number of hydrogen-bond acceptors (Lipinski definition) is 2. The van der Waals surface area contributed by atoms with Crippen molar-refractivity contribution in [3.05, 3.63) is 59.4 Å². The predicted molar refractivity (Wildman–Crippen MR) is 68.4 cm³/mol. The van der Waals surface area contributed by atoms with Gasteiger partial charge in [-0.25, -0.2) is 0 Å². The number of aromatic nitrogens is 1. The van der Waals surface area contributed by atoms with E-state index in [1.165, 1.54) is 6.20 Å². The standard InChI is InChI=1S/C13H11ClN2O/c1-16(10-5-3-2-4-6-10)13(17)11-7-8-15-9-12(11)14/h2-9H,1H3. The number of carbonyl (C=O) groups is 1. The Balaban J connectivity index is 2.30. The van der Waals surface area contributed by atoms with Gasteiger partial charge in [-0.2, -0.15) is 0 Å². The van der Waals surface area contributed by atoms with E-state index in [-0.39, 0.29) is 5.91 Å². The molecule has 0 N–H and O–H groups in total. The smallest absolute Gasteiger partial charge is 0.259 e. The number of benzene rings is 1. The summed E-state index contributed by atoms with van der Waals surface area (Å²) in [5.41, 5.74) is 1.28. The molecule has 1 amide bonds. The number of hydrogen-bond donors (Lipinski definition) is 0. The summed E-state index contributed by atoms with van der Waals surface area (Å²) in [6.45, 7) is 0. The number of para-hydroxylation sites is 1. The summed E-state index contributed by atoms with van der Waals surface area (Å²) < 4.78 is 0. The van der Waals surface area contributed by atoms with Crippen LogP contribution in [0.3, 0.4) is 0 Å². The van der Waals surface area contributed by atoms with Crippen LogP contribution in [0, 0.1) is 0 Å². The molecule has 0 unspecified atom stereocenters. The molecule has 0 atom stereocenters. The zero-order chi connectivity index (χ0) is 12.3. The lowest BCUT2D eigenvalue weighted by Gasteiger charge is -2.17. The Morgan fingerprint density at radius 3 is 2.59 bits per heavy atom. The summed E-state index contributed by atoms with van der Waals surface area (Å²) in [5, 5.41) is 0.361. The van der Waals surface area contributed by atoms with Gasteiger partial charge in [0.1, 0.15) is 0 Å². The maximum Gasteiger partial charge on any atom is 0.259 e. The monoisotopic (exact) mass is 246 g/mol. The summed E-state index contributed by atoms with van der Waals surface area (Å²) in [6.07, 6.45) is 3.02. The van der Waals surface area contributed by atoms with Crippen molar-refractivity contribution in [3.8, 4) is 0 Å². The molecule has 1 heterocycles. The molecule has 0 aliphatic carbocycles. The maximum atomic E-state index is 12.2. The zero-order valence-electron chi connectivity index (χ0n) is 9.30. The molecular weight excluding hydrogens is 236 g/mol. The van der Waals surface area contributed by atoms with E-state index in [9.17, 15) is 4.79 Å². The minimum Gasteiger partial charge on any atom is -0.311 e. The van der Waals surface area contributed by atoms with E-state index in [0.29, 0.717) is 10.6 Å². The fourth-order valence-electron chi connectivity index (χ4n) is 1.50. The quantitative estimate of drug-likeness (QED) is 0.816. The van der Waals surface area contributed by atoms with Gasteiger partial charge < -0.3 is 4.90 Å². The second kappa shape index (κ2) is 4.97. The molecule has 0 bridgehead atoms. The van der Waals surface area contributed by atoms with E-state index in [2.05, 4.69) is 4.98 Å². The summed E-state index contributed by atoms with van der Waals surface area (Å²) in [5.74, 6) is -0.149. The lowest BCUT2D eigenvalue weighted by Crippen LogP contribution is -2.26. The first-order valence-electron chi connectivity index (χ1n) is 5.13. The van der Waals surface area contributed by atoms with Gasteiger partial charge in [-0.3, -0.25) is 9.78 Å². The molecule has 0 spiro atoms. The van der Waals surface area contributed by atoms with Crippen LogP contribution in [0.5, 0.6) is 0 Å². The lowest BCUT2D eigenvalue weighted by atomic mass is 10.2. The van der Waals surface area contributed by atoms with Gasteiger partial charge in [0.25, 0.3) is 5.91 Å². The third-order valence-electron chi connectivity index (χ3n) is 2.45. The first-order valence-corrected chi connectivity index (χ1v) is 5.50. The Kier molecular flexibility index (Phi) is 3.40. The Labute approximate surface area is 105 Å². The van der Waals surface area contributed by atoms with E-state index in [1.807, 2.05) is 30.3 Å². The van der Waals surface area contributed by atoms with Crippen LogP contribution < -0.4 is 4.90 Å². The van der Waals surface area contributed by atoms with Gasteiger partial charge in [0, 0.05) is 25.1 Å². The van der Waals surface area contributed by atoms with Crippen molar-refractivity contribution in [2.24, 2.45) is 0 Å². The van der Waals surface area contributed by atoms with Crippen molar-refractivity contribution in [1.82, 2.24) is 4.98 Å². The molecule has 1 aromatic heterocycles. The summed E-state index contributed by atoms with van der Waals surface area (Å²) in [7, 11) is 1.72. The van der Waals surface area contributed by atoms with Crippen molar-refractivity contribution in [1.29, 1.82) is 0 Å². The van der Waals surface area contributed by atoms with E-state index in [4.69, 9.17) is 11.6 Å². The SMILES string of the molecule is CN(C(=O)c1ccncc1Cl)c1ccccc1. The first-order chi connectivity index (χ1) is 8.20. The Hall–Kier alpha value is -1.87. The lowest BCUT2D eigenvalue weighted by molar-refractivity contribution is 0.0993. The molecule has 3 nitrogen and oxygen atoms in total. The van der Waals surface area contributed by atoms with E-state index < -0.39 is 0 Å². The summed E-state index contributed by atoms with van der Waals surface area (Å²) >= 11 is 5.94. The van der Waals surface area contributed by atoms with Gasteiger partial charge in [0.15, 0.2) is 0 Å². The molecule has 17 heavy (non-hydrogen) atoms. The summed E-state index contributed by atoms with van der Waals surface area (Å²) in [6, 6.07) is 11.0. The highest BCUT2D eigenvalue weighted by Crippen LogP contribution is 2.19. The molecule has 0 aliphatic rings. The zero-order valence-corrected chi connectivity index (χ0v) is 10.1. The molecule has 86 valence electrons. The van der Waals surface area contributed by atoms with Gasteiger partial charge in [-0.15, -0.1) is 0 Å². The molecule has 2 aromatic rings. The van der Waals surface area contributed by atoms with Crippen molar-refractivity contribution in [2.45, 2.75) is 0 Å². The Morgan fingerprint density at radius 1 is 1.24 bits per heavy atom. The highest BCUT2D eigenvalue weighted by molar-refractivity contribution is 6.34. The van der Waals surface area contributed by atoms with Crippen LogP contribution in [0.15, 0.2) is 48.8 Å². The second-order valence-corrected chi connectivity index (χ2v) is 3.96. The van der Waals surface area contributed by atoms with Crippen LogP contribution in [0.25, 0.3) is 0 Å². The third kappa shape index (κ3) is 2.45. The second-order valence-electron chi connectivity index (χ2n) is 3.56. The van der Waals surface area contributed by atoms with Crippen LogP contribution in [0.4, 0.5) is 5.69 Å². The average Bonchev–Trinajstić information content (AvgIpc) is 2.39. The fourth-order valence-corrected chi connectivity index (χ4v) is 1.70. The van der Waals surface area contributed by atoms with Crippen molar-refractivity contribution < 1.29 is 4.79 Å². The molecule has 0 saturated heterocycles. The van der Waals surface area contributed by atoms with Gasteiger partial charge in [-0.05, 0) is 18.2 Å². The Bertz CT molecular complexity index is 528. The van der Waals surface area contributed by atoms with E-state index >= 15 is 0 Å². The molecular formula is C13H11ClN2O. The minimum absolute atomic E-state index is 0.149. The van der Waals surface area contributed by atoms with Crippen molar-refractivity contribution >= 4 is 23.2 Å². The third-order valence-corrected chi connectivity index (χ3v) is 2.75.